The average molecular weight is 869 g/mol. The number of carbonyl (C=O) groups is 5. The van der Waals surface area contributed by atoms with Crippen molar-refractivity contribution in [2.45, 2.75) is 44.3 Å². The van der Waals surface area contributed by atoms with E-state index in [-0.39, 0.29) is 48.1 Å². The standard InChI is InChI=1S/C40H40N10O7S3/c41-35(58)24-4-1-3-23(18-24)28-20-49(30-17-22(7-8-26(28)30)19-44-40-47-46-39(42)59-40)25-11-14-48(15-12-25)60(56)16-13-43-33(52)21-57-31-6-2-5-27-34(31)38(55)50(37(27)54)29-9-10-32(51)45-36(29)53/h1-8,17-18,20,25,29H,9-16,19,21H2,(H2,41,58)(H2,42,46)(H,43,52)(H,44,47)(H,45,51,53). The Balaban J connectivity index is 0.869. The number of carbonyl (C=O) groups excluding carboxylic acids is 5. The summed E-state index contributed by atoms with van der Waals surface area (Å²) < 4.78 is 23.3. The van der Waals surface area contributed by atoms with Gasteiger partial charge < -0.3 is 31.4 Å². The second-order valence-electron chi connectivity index (χ2n) is 14.5. The van der Waals surface area contributed by atoms with Crippen LogP contribution in [-0.2, 0) is 31.9 Å². The highest BCUT2D eigenvalue weighted by Crippen LogP contribution is 2.37. The topological polar surface area (TPSA) is 237 Å². The average Bonchev–Trinajstić information content (AvgIpc) is 3.92. The molecule has 3 aliphatic rings. The molecule has 2 fully saturated rings. The summed E-state index contributed by atoms with van der Waals surface area (Å²) in [5, 5.41) is 18.2. The van der Waals surface area contributed by atoms with E-state index in [9.17, 15) is 28.2 Å². The molecule has 17 nitrogen and oxygen atoms in total. The molecule has 2 atom stereocenters. The Morgan fingerprint density at radius 2 is 1.80 bits per heavy atom. The van der Waals surface area contributed by atoms with Crippen molar-refractivity contribution in [1.82, 2.24) is 34.6 Å². The number of hydrogen-bond donors (Lipinski definition) is 5. The zero-order valence-corrected chi connectivity index (χ0v) is 34.5. The number of amides is 5. The van der Waals surface area contributed by atoms with Gasteiger partial charge in [-0.3, -0.25) is 34.2 Å². The number of aromatic nitrogens is 3. The third kappa shape index (κ3) is 8.35. The fraction of sp³-hybridized carbons (Fsp3) is 0.300. The van der Waals surface area contributed by atoms with Crippen molar-refractivity contribution in [3.8, 4) is 16.9 Å². The Bertz CT molecular complexity index is 2580. The van der Waals surface area contributed by atoms with Gasteiger partial charge in [0, 0.05) is 66.9 Å². The second kappa shape index (κ2) is 17.3. The Kier molecular flexibility index (Phi) is 11.7. The molecule has 310 valence electrons. The smallest absolute Gasteiger partial charge is 0.266 e. The number of hydrogen-bond acceptors (Lipinski definition) is 13. The van der Waals surface area contributed by atoms with Gasteiger partial charge in [-0.1, -0.05) is 60.0 Å². The van der Waals surface area contributed by atoms with E-state index in [1.165, 1.54) is 29.5 Å². The third-order valence-corrected chi connectivity index (χ3v) is 13.2. The number of nitrogen functional groups attached to an aromatic ring is 1. The van der Waals surface area contributed by atoms with Crippen LogP contribution in [0.1, 0.15) is 63.6 Å². The summed E-state index contributed by atoms with van der Waals surface area (Å²) in [5.41, 5.74) is 16.7. The van der Waals surface area contributed by atoms with Crippen molar-refractivity contribution in [3.05, 3.63) is 89.1 Å². The van der Waals surface area contributed by atoms with Crippen molar-refractivity contribution in [2.24, 2.45) is 5.73 Å². The van der Waals surface area contributed by atoms with Crippen LogP contribution in [-0.4, -0.2) is 101 Å². The van der Waals surface area contributed by atoms with Gasteiger partial charge in [-0.05, 0) is 54.7 Å². The lowest BCUT2D eigenvalue weighted by molar-refractivity contribution is -0.136. The molecular weight excluding hydrogens is 829 g/mol. The minimum absolute atomic E-state index is 0.00460. The zero-order valence-electron chi connectivity index (χ0n) is 32.0. The lowest BCUT2D eigenvalue weighted by Gasteiger charge is -2.32. The van der Waals surface area contributed by atoms with Crippen LogP contribution in [0.5, 0.6) is 5.75 Å². The third-order valence-electron chi connectivity index (χ3n) is 10.7. The SMILES string of the molecule is NC(=S)c1cccc(-c2cn(C3CCN(S(=O)CCNC(=O)COc4cccc5c4C(=O)N(C4CCC(=O)NC4=O)C5=O)CC3)c3cc(CNc4nnc(N)s4)ccc23)c1. The molecule has 0 bridgehead atoms. The second-order valence-corrected chi connectivity index (χ2v) is 17.5. The van der Waals surface area contributed by atoms with Crippen molar-refractivity contribution in [2.75, 3.05) is 43.0 Å². The van der Waals surface area contributed by atoms with Crippen molar-refractivity contribution >= 4 is 90.2 Å². The Morgan fingerprint density at radius 1 is 1.00 bits per heavy atom. The van der Waals surface area contributed by atoms with Crippen molar-refractivity contribution in [1.29, 1.82) is 0 Å². The van der Waals surface area contributed by atoms with Gasteiger partial charge in [0.05, 0.1) is 27.9 Å². The van der Waals surface area contributed by atoms with Gasteiger partial charge in [0.2, 0.25) is 22.1 Å². The number of benzene rings is 3. The maximum atomic E-state index is 13.4. The van der Waals surface area contributed by atoms with E-state index in [1.807, 2.05) is 28.6 Å². The van der Waals surface area contributed by atoms with Gasteiger partial charge in [0.1, 0.15) is 16.8 Å². The largest absolute Gasteiger partial charge is 0.483 e. The molecule has 5 heterocycles. The summed E-state index contributed by atoms with van der Waals surface area (Å²) in [6.45, 7) is 1.37. The van der Waals surface area contributed by atoms with E-state index in [0.717, 1.165) is 50.9 Å². The molecule has 5 amide bonds. The van der Waals surface area contributed by atoms with E-state index >= 15 is 0 Å². The summed E-state index contributed by atoms with van der Waals surface area (Å²) in [6.07, 6.45) is 3.68. The molecule has 2 aromatic heterocycles. The molecule has 8 rings (SSSR count). The summed E-state index contributed by atoms with van der Waals surface area (Å²) in [4.78, 5) is 64.4. The number of ether oxygens (including phenoxy) is 1. The van der Waals surface area contributed by atoms with E-state index < -0.39 is 53.2 Å². The number of imide groups is 2. The first-order valence-corrected chi connectivity index (χ1v) is 21.7. The van der Waals surface area contributed by atoms with Gasteiger partial charge in [-0.2, -0.15) is 0 Å². The predicted molar refractivity (Wildman–Crippen MR) is 229 cm³/mol. The minimum Gasteiger partial charge on any atom is -0.483 e. The van der Waals surface area contributed by atoms with Crippen LogP contribution in [0.4, 0.5) is 10.3 Å². The summed E-state index contributed by atoms with van der Waals surface area (Å²) in [7, 11) is -1.36. The molecule has 0 spiro atoms. The zero-order chi connectivity index (χ0) is 42.1. The maximum absolute atomic E-state index is 13.4. The summed E-state index contributed by atoms with van der Waals surface area (Å²) in [5.74, 6) is -2.89. The Labute approximate surface area is 355 Å². The van der Waals surface area contributed by atoms with E-state index in [0.29, 0.717) is 34.9 Å². The number of thiocarbonyl (C=S) groups is 1. The van der Waals surface area contributed by atoms with Crippen LogP contribution < -0.4 is 32.2 Å². The highest BCUT2D eigenvalue weighted by atomic mass is 32.2. The van der Waals surface area contributed by atoms with Crippen LogP contribution in [0.15, 0.2) is 66.9 Å². The maximum Gasteiger partial charge on any atom is 0.266 e. The van der Waals surface area contributed by atoms with Gasteiger partial charge >= 0.3 is 0 Å². The van der Waals surface area contributed by atoms with Crippen molar-refractivity contribution in [3.63, 3.8) is 0 Å². The molecule has 0 radical (unpaired) electrons. The predicted octanol–water partition coefficient (Wildman–Crippen LogP) is 2.89. The first-order valence-electron chi connectivity index (χ1n) is 19.2. The molecule has 3 aliphatic heterocycles. The highest BCUT2D eigenvalue weighted by molar-refractivity contribution is 7.82. The number of piperidine rings is 2. The molecule has 2 unspecified atom stereocenters. The van der Waals surface area contributed by atoms with Gasteiger partial charge in [-0.25, -0.2) is 8.51 Å². The van der Waals surface area contributed by atoms with Crippen LogP contribution in [0.2, 0.25) is 0 Å². The van der Waals surface area contributed by atoms with Crippen LogP contribution in [0, 0.1) is 0 Å². The van der Waals surface area contributed by atoms with Crippen LogP contribution in [0.3, 0.4) is 0 Å². The molecule has 3 aromatic carbocycles. The fourth-order valence-corrected chi connectivity index (χ4v) is 9.58. The number of nitrogens with zero attached hydrogens (tertiary/aromatic N) is 5. The lowest BCUT2D eigenvalue weighted by atomic mass is 10.0. The van der Waals surface area contributed by atoms with E-state index in [2.05, 4.69) is 55.1 Å². The first-order chi connectivity index (χ1) is 28.9. The van der Waals surface area contributed by atoms with E-state index in [1.54, 1.807) is 0 Å². The van der Waals surface area contributed by atoms with Gasteiger partial charge in [0.25, 0.3) is 17.7 Å². The molecule has 7 N–H and O–H groups in total. The molecular formula is C40H40N10O7S3. The van der Waals surface area contributed by atoms with Gasteiger partial charge in [0.15, 0.2) is 6.61 Å². The lowest BCUT2D eigenvalue weighted by Crippen LogP contribution is -2.54. The van der Waals surface area contributed by atoms with Crippen LogP contribution >= 0.6 is 23.6 Å². The number of nitrogens with two attached hydrogens (primary N) is 2. The highest BCUT2D eigenvalue weighted by Gasteiger charge is 2.46. The number of fused-ring (bicyclic) bond motifs is 2. The molecule has 20 heteroatoms. The number of rotatable bonds is 14. The normalized spacial score (nSPS) is 17.7. The summed E-state index contributed by atoms with van der Waals surface area (Å²) >= 11 is 6.55. The monoisotopic (exact) mass is 868 g/mol. The summed E-state index contributed by atoms with van der Waals surface area (Å²) in [6, 6.07) is 17.7. The Hall–Kier alpha value is -6.09. The Morgan fingerprint density at radius 3 is 2.55 bits per heavy atom. The first kappa shape index (κ1) is 40.7. The number of nitrogens with one attached hydrogen (secondary N) is 3. The molecule has 5 aromatic rings. The van der Waals surface area contributed by atoms with E-state index in [4.69, 9.17) is 28.4 Å². The number of anilines is 2. The fourth-order valence-electron chi connectivity index (χ4n) is 7.79. The van der Waals surface area contributed by atoms with Crippen LogP contribution in [0.25, 0.3) is 22.0 Å². The minimum atomic E-state index is -1.36. The molecule has 0 aliphatic carbocycles. The van der Waals surface area contributed by atoms with Crippen molar-refractivity contribution < 1.29 is 32.9 Å². The van der Waals surface area contributed by atoms with Gasteiger partial charge in [-0.15, -0.1) is 10.2 Å². The molecule has 60 heavy (non-hydrogen) atoms. The quantitative estimate of drug-likeness (QED) is 0.0799. The molecule has 2 saturated heterocycles. The molecule has 0 saturated carbocycles.